The van der Waals surface area contributed by atoms with Gasteiger partial charge in [-0.05, 0) is 24.3 Å². The molecule has 3 heterocycles. The van der Waals surface area contributed by atoms with Crippen LogP contribution >= 0.6 is 0 Å². The molecule has 1 aromatic heterocycles. The molecule has 2 aromatic rings. The van der Waals surface area contributed by atoms with E-state index in [0.717, 1.165) is 23.6 Å². The van der Waals surface area contributed by atoms with Gasteiger partial charge in [-0.3, -0.25) is 4.79 Å². The molecule has 146 valence electrons. The van der Waals surface area contributed by atoms with Crippen LogP contribution < -0.4 is 9.64 Å². The molecule has 1 saturated heterocycles. The van der Waals surface area contributed by atoms with E-state index in [2.05, 4.69) is 4.98 Å². The molecule has 0 spiro atoms. The monoisotopic (exact) mass is 389 g/mol. The van der Waals surface area contributed by atoms with E-state index in [0.29, 0.717) is 37.6 Å². The van der Waals surface area contributed by atoms with Gasteiger partial charge in [0.05, 0.1) is 11.1 Å². The average molecular weight is 389 g/mol. The quantitative estimate of drug-likeness (QED) is 0.791. The van der Waals surface area contributed by atoms with Gasteiger partial charge in [-0.15, -0.1) is 0 Å². The van der Waals surface area contributed by atoms with Gasteiger partial charge in [0.15, 0.2) is 0 Å². The minimum atomic E-state index is -4.40. The van der Waals surface area contributed by atoms with E-state index in [1.165, 1.54) is 6.07 Å². The van der Waals surface area contributed by atoms with E-state index in [4.69, 9.17) is 4.74 Å². The van der Waals surface area contributed by atoms with Crippen LogP contribution in [0.25, 0.3) is 6.08 Å². The molecular weight excluding hydrogens is 371 g/mol. The zero-order chi connectivity index (χ0) is 19.7. The van der Waals surface area contributed by atoms with Gasteiger partial charge in [-0.1, -0.05) is 18.2 Å². The van der Waals surface area contributed by atoms with Gasteiger partial charge in [-0.25, -0.2) is 4.98 Å². The summed E-state index contributed by atoms with van der Waals surface area (Å²) in [5, 5.41) is 0. The van der Waals surface area contributed by atoms with Gasteiger partial charge in [0, 0.05) is 37.9 Å². The van der Waals surface area contributed by atoms with E-state index in [-0.39, 0.29) is 12.5 Å². The molecule has 4 rings (SSSR count). The number of benzene rings is 1. The number of alkyl halides is 3. The molecule has 5 nitrogen and oxygen atoms in total. The Hall–Kier alpha value is -3.03. The first-order valence-corrected chi connectivity index (χ1v) is 8.92. The van der Waals surface area contributed by atoms with Gasteiger partial charge in [0.1, 0.15) is 18.2 Å². The second kappa shape index (κ2) is 7.18. The molecule has 8 heteroatoms. The standard InChI is InChI=1S/C20H18F3N3O2/c21-20(22,23)16-5-6-18(24-12-16)25-7-9-26(10-8-25)19(27)15-11-14-3-1-2-4-17(14)28-13-15/h1-6,11-12H,7-10,13H2. The molecular formula is C20H18F3N3O2. The maximum Gasteiger partial charge on any atom is 0.417 e. The number of rotatable bonds is 2. The first-order chi connectivity index (χ1) is 13.4. The smallest absolute Gasteiger partial charge is 0.417 e. The van der Waals surface area contributed by atoms with Gasteiger partial charge in [0.25, 0.3) is 5.91 Å². The predicted octanol–water partition coefficient (Wildman–Crippen LogP) is 3.23. The Morgan fingerprint density at radius 3 is 2.46 bits per heavy atom. The highest BCUT2D eigenvalue weighted by atomic mass is 19.4. The average Bonchev–Trinajstić information content (AvgIpc) is 2.72. The lowest BCUT2D eigenvalue weighted by Crippen LogP contribution is -2.49. The SMILES string of the molecule is O=C(C1=Cc2ccccc2OC1)N1CCN(c2ccc(C(F)(F)F)cn2)CC1. The highest BCUT2D eigenvalue weighted by Gasteiger charge is 2.31. The van der Waals surface area contributed by atoms with Gasteiger partial charge in [-0.2, -0.15) is 13.2 Å². The molecule has 0 aliphatic carbocycles. The third-order valence-corrected chi connectivity index (χ3v) is 4.87. The van der Waals surface area contributed by atoms with Crippen molar-refractivity contribution >= 4 is 17.8 Å². The van der Waals surface area contributed by atoms with Crippen molar-refractivity contribution in [1.29, 1.82) is 0 Å². The Labute approximate surface area is 160 Å². The second-order valence-electron chi connectivity index (χ2n) is 6.68. The number of carbonyl (C=O) groups excluding carboxylic acids is 1. The number of anilines is 1. The van der Waals surface area contributed by atoms with Crippen LogP contribution in [0.2, 0.25) is 0 Å². The summed E-state index contributed by atoms with van der Waals surface area (Å²) in [5.41, 5.74) is 0.707. The highest BCUT2D eigenvalue weighted by Crippen LogP contribution is 2.30. The number of aromatic nitrogens is 1. The summed E-state index contributed by atoms with van der Waals surface area (Å²) in [6.07, 6.45) is -1.70. The van der Waals surface area contributed by atoms with Crippen LogP contribution in [0.3, 0.4) is 0 Å². The van der Waals surface area contributed by atoms with Crippen molar-refractivity contribution in [2.45, 2.75) is 6.18 Å². The van der Waals surface area contributed by atoms with Crippen LogP contribution in [0.1, 0.15) is 11.1 Å². The molecule has 0 saturated carbocycles. The normalized spacial score (nSPS) is 16.9. The first-order valence-electron chi connectivity index (χ1n) is 8.92. The number of nitrogens with zero attached hydrogens (tertiary/aromatic N) is 3. The molecule has 1 amide bonds. The van der Waals surface area contributed by atoms with Crippen molar-refractivity contribution in [3.8, 4) is 5.75 Å². The van der Waals surface area contributed by atoms with Crippen LogP contribution in [0.5, 0.6) is 5.75 Å². The fourth-order valence-electron chi connectivity index (χ4n) is 3.32. The number of ether oxygens (including phenoxy) is 1. The summed E-state index contributed by atoms with van der Waals surface area (Å²) in [7, 11) is 0. The maximum atomic E-state index is 12.8. The van der Waals surface area contributed by atoms with Crippen LogP contribution in [0, 0.1) is 0 Å². The number of piperazine rings is 1. The van der Waals surface area contributed by atoms with Crippen LogP contribution in [0.4, 0.5) is 19.0 Å². The van der Waals surface area contributed by atoms with Gasteiger partial charge < -0.3 is 14.5 Å². The molecule has 2 aliphatic rings. The van der Waals surface area contributed by atoms with E-state index in [1.54, 1.807) is 4.90 Å². The molecule has 1 fully saturated rings. The van der Waals surface area contributed by atoms with Crippen molar-refractivity contribution in [3.63, 3.8) is 0 Å². The van der Waals surface area contributed by atoms with Crippen LogP contribution in [-0.2, 0) is 11.0 Å². The van der Waals surface area contributed by atoms with Crippen LogP contribution in [0.15, 0.2) is 48.2 Å². The Bertz CT molecular complexity index is 902. The Morgan fingerprint density at radius 2 is 1.79 bits per heavy atom. The summed E-state index contributed by atoms with van der Waals surface area (Å²) in [6, 6.07) is 9.94. The lowest BCUT2D eigenvalue weighted by molar-refractivity contribution is -0.137. The molecule has 2 aliphatic heterocycles. The summed E-state index contributed by atoms with van der Waals surface area (Å²) in [6.45, 7) is 2.20. The summed E-state index contributed by atoms with van der Waals surface area (Å²) >= 11 is 0. The summed E-state index contributed by atoms with van der Waals surface area (Å²) < 4.78 is 43.6. The topological polar surface area (TPSA) is 45.7 Å². The van der Waals surface area contributed by atoms with E-state index >= 15 is 0 Å². The number of carbonyl (C=O) groups is 1. The maximum absolute atomic E-state index is 12.8. The van der Waals surface area contributed by atoms with Gasteiger partial charge in [0.2, 0.25) is 0 Å². The number of hydrogen-bond donors (Lipinski definition) is 0. The Kier molecular flexibility index (Phi) is 4.70. The van der Waals surface area contributed by atoms with E-state index in [9.17, 15) is 18.0 Å². The number of pyridine rings is 1. The number of para-hydroxylation sites is 1. The molecule has 28 heavy (non-hydrogen) atoms. The largest absolute Gasteiger partial charge is 0.488 e. The molecule has 1 aromatic carbocycles. The summed E-state index contributed by atoms with van der Waals surface area (Å²) in [5.74, 6) is 1.17. The molecule has 0 atom stereocenters. The Morgan fingerprint density at radius 1 is 1.04 bits per heavy atom. The van der Waals surface area contributed by atoms with Crippen molar-refractivity contribution in [2.75, 3.05) is 37.7 Å². The fourth-order valence-corrected chi connectivity index (χ4v) is 3.32. The number of halogens is 3. The van der Waals surface area contributed by atoms with E-state index < -0.39 is 11.7 Å². The minimum Gasteiger partial charge on any atom is -0.488 e. The third kappa shape index (κ3) is 3.67. The van der Waals surface area contributed by atoms with Crippen molar-refractivity contribution in [1.82, 2.24) is 9.88 Å². The zero-order valence-electron chi connectivity index (χ0n) is 14.9. The summed E-state index contributed by atoms with van der Waals surface area (Å²) in [4.78, 5) is 20.3. The molecule has 0 N–H and O–H groups in total. The minimum absolute atomic E-state index is 0.0745. The lowest BCUT2D eigenvalue weighted by Gasteiger charge is -2.36. The van der Waals surface area contributed by atoms with Crippen molar-refractivity contribution in [2.24, 2.45) is 0 Å². The third-order valence-electron chi connectivity index (χ3n) is 4.87. The lowest BCUT2D eigenvalue weighted by atomic mass is 10.1. The van der Waals surface area contributed by atoms with Crippen molar-refractivity contribution in [3.05, 3.63) is 59.3 Å². The fraction of sp³-hybridized carbons (Fsp3) is 0.300. The number of hydrogen-bond acceptors (Lipinski definition) is 4. The zero-order valence-corrected chi connectivity index (χ0v) is 14.9. The van der Waals surface area contributed by atoms with Gasteiger partial charge >= 0.3 is 6.18 Å². The van der Waals surface area contributed by atoms with Crippen LogP contribution in [-0.4, -0.2) is 48.6 Å². The highest BCUT2D eigenvalue weighted by molar-refractivity contribution is 5.99. The Balaban J connectivity index is 1.39. The van der Waals surface area contributed by atoms with E-state index in [1.807, 2.05) is 35.2 Å². The predicted molar refractivity (Wildman–Crippen MR) is 97.9 cm³/mol. The molecule has 0 bridgehead atoms. The first kappa shape index (κ1) is 18.3. The second-order valence-corrected chi connectivity index (χ2v) is 6.68. The molecule has 0 radical (unpaired) electrons. The number of amides is 1. The van der Waals surface area contributed by atoms with Crippen molar-refractivity contribution < 1.29 is 22.7 Å². The number of fused-ring (bicyclic) bond motifs is 1. The molecule has 0 unspecified atom stereocenters.